The van der Waals surface area contributed by atoms with Crippen molar-refractivity contribution in [1.82, 2.24) is 9.62 Å². The lowest BCUT2D eigenvalue weighted by Crippen LogP contribution is -2.31. The number of hydrogen-bond donors (Lipinski definition) is 1. The van der Waals surface area contributed by atoms with Crippen molar-refractivity contribution in [2.45, 2.75) is 11.4 Å². The average Bonchev–Trinajstić information content (AvgIpc) is 3.14. The number of ether oxygens (including phenoxy) is 1. The number of hydrogen-bond acceptors (Lipinski definition) is 5. The second-order valence-electron chi connectivity index (χ2n) is 5.36. The number of nitrogens with zero attached hydrogens (tertiary/aromatic N) is 1. The second kappa shape index (κ2) is 9.20. The highest BCUT2D eigenvalue weighted by Gasteiger charge is 2.20. The van der Waals surface area contributed by atoms with E-state index >= 15 is 0 Å². The van der Waals surface area contributed by atoms with Crippen molar-refractivity contribution in [2.75, 3.05) is 26.8 Å². The largest absolute Gasteiger partial charge is 0.467 e. The Balaban J connectivity index is 2.21. The molecule has 0 saturated carbocycles. The molecule has 2 aromatic rings. The minimum Gasteiger partial charge on any atom is -0.467 e. The lowest BCUT2D eigenvalue weighted by Gasteiger charge is -2.19. The summed E-state index contributed by atoms with van der Waals surface area (Å²) < 4.78 is 37.1. The number of sulfonamides is 1. The summed E-state index contributed by atoms with van der Waals surface area (Å²) in [7, 11) is -2.26. The van der Waals surface area contributed by atoms with Crippen LogP contribution in [0.25, 0.3) is 0 Å². The third-order valence-electron chi connectivity index (χ3n) is 3.49. The van der Waals surface area contributed by atoms with E-state index < -0.39 is 10.0 Å². The van der Waals surface area contributed by atoms with Gasteiger partial charge in [0.05, 0.1) is 30.9 Å². The van der Waals surface area contributed by atoms with E-state index in [2.05, 4.69) is 10.6 Å². The van der Waals surface area contributed by atoms with Gasteiger partial charge in [0.15, 0.2) is 0 Å². The molecule has 0 radical (unpaired) electrons. The molecule has 0 unspecified atom stereocenters. The first-order valence-corrected chi connectivity index (χ1v) is 9.30. The predicted molar refractivity (Wildman–Crippen MR) is 95.8 cm³/mol. The SMILES string of the molecule is C#CCN(Cc1ccco1)C(=O)c1cccc(S(=O)(=O)NCCOC)c1. The van der Waals surface area contributed by atoms with Gasteiger partial charge in [0.2, 0.25) is 10.0 Å². The van der Waals surface area contributed by atoms with Gasteiger partial charge in [0.25, 0.3) is 5.91 Å². The van der Waals surface area contributed by atoms with Crippen molar-refractivity contribution in [3.63, 3.8) is 0 Å². The van der Waals surface area contributed by atoms with E-state index in [1.54, 1.807) is 18.2 Å². The fraction of sp³-hybridized carbons (Fsp3) is 0.278. The molecule has 0 aliphatic carbocycles. The highest BCUT2D eigenvalue weighted by atomic mass is 32.2. The van der Waals surface area contributed by atoms with E-state index in [0.29, 0.717) is 5.76 Å². The van der Waals surface area contributed by atoms with Gasteiger partial charge < -0.3 is 14.1 Å². The van der Waals surface area contributed by atoms with Gasteiger partial charge in [-0.2, -0.15) is 0 Å². The highest BCUT2D eigenvalue weighted by Crippen LogP contribution is 2.15. The van der Waals surface area contributed by atoms with Crippen LogP contribution in [0.1, 0.15) is 16.1 Å². The number of carbonyl (C=O) groups excluding carboxylic acids is 1. The number of terminal acetylenes is 1. The molecule has 0 spiro atoms. The van der Waals surface area contributed by atoms with Crippen LogP contribution in [0.3, 0.4) is 0 Å². The summed E-state index contributed by atoms with van der Waals surface area (Å²) in [5, 5.41) is 0. The topological polar surface area (TPSA) is 88.9 Å². The molecule has 1 N–H and O–H groups in total. The summed E-state index contributed by atoms with van der Waals surface area (Å²) in [6.07, 6.45) is 6.86. The van der Waals surface area contributed by atoms with Gasteiger partial charge in [-0.1, -0.05) is 12.0 Å². The molecular weight excluding hydrogens is 356 g/mol. The second-order valence-corrected chi connectivity index (χ2v) is 7.13. The molecule has 1 heterocycles. The summed E-state index contributed by atoms with van der Waals surface area (Å²) in [5.74, 6) is 2.63. The van der Waals surface area contributed by atoms with Crippen molar-refractivity contribution in [2.24, 2.45) is 0 Å². The highest BCUT2D eigenvalue weighted by molar-refractivity contribution is 7.89. The van der Waals surface area contributed by atoms with E-state index in [1.165, 1.54) is 36.5 Å². The van der Waals surface area contributed by atoms with Crippen molar-refractivity contribution < 1.29 is 22.4 Å². The lowest BCUT2D eigenvalue weighted by atomic mass is 10.2. The van der Waals surface area contributed by atoms with Gasteiger partial charge in [-0.05, 0) is 30.3 Å². The molecule has 0 fully saturated rings. The molecule has 2 rings (SSSR count). The van der Waals surface area contributed by atoms with E-state index in [4.69, 9.17) is 15.6 Å². The van der Waals surface area contributed by atoms with E-state index in [1.807, 2.05) is 0 Å². The van der Waals surface area contributed by atoms with Crippen molar-refractivity contribution in [1.29, 1.82) is 0 Å². The Labute approximate surface area is 153 Å². The summed E-state index contributed by atoms with van der Waals surface area (Å²) >= 11 is 0. The van der Waals surface area contributed by atoms with Gasteiger partial charge in [-0.15, -0.1) is 6.42 Å². The average molecular weight is 376 g/mol. The van der Waals surface area contributed by atoms with E-state index in [0.717, 1.165) is 0 Å². The van der Waals surface area contributed by atoms with E-state index in [9.17, 15) is 13.2 Å². The van der Waals surface area contributed by atoms with Gasteiger partial charge in [0, 0.05) is 19.2 Å². The van der Waals surface area contributed by atoms with Crippen LogP contribution < -0.4 is 4.72 Å². The Bertz CT molecular complexity index is 869. The molecule has 0 atom stereocenters. The first-order chi connectivity index (χ1) is 12.5. The fourth-order valence-electron chi connectivity index (χ4n) is 2.24. The minimum absolute atomic E-state index is 0.00175. The number of rotatable bonds is 9. The first kappa shape index (κ1) is 19.7. The van der Waals surface area contributed by atoms with Crippen LogP contribution in [-0.4, -0.2) is 46.0 Å². The summed E-state index contributed by atoms with van der Waals surface area (Å²) in [5.41, 5.74) is 0.224. The van der Waals surface area contributed by atoms with Crippen LogP contribution in [-0.2, 0) is 21.3 Å². The number of carbonyl (C=O) groups is 1. The molecule has 0 aliphatic rings. The summed E-state index contributed by atoms with van der Waals surface area (Å²) in [6.45, 7) is 0.650. The van der Waals surface area contributed by atoms with Crippen LogP contribution in [0.4, 0.5) is 0 Å². The summed E-state index contributed by atoms with van der Waals surface area (Å²) in [6, 6.07) is 9.25. The molecule has 26 heavy (non-hydrogen) atoms. The third-order valence-corrected chi connectivity index (χ3v) is 4.94. The Morgan fingerprint density at radius 3 is 2.81 bits per heavy atom. The maximum Gasteiger partial charge on any atom is 0.255 e. The maximum absolute atomic E-state index is 12.8. The molecule has 1 aromatic carbocycles. The van der Waals surface area contributed by atoms with Gasteiger partial charge >= 0.3 is 0 Å². The Morgan fingerprint density at radius 1 is 1.35 bits per heavy atom. The smallest absolute Gasteiger partial charge is 0.255 e. The van der Waals surface area contributed by atoms with Crippen LogP contribution in [0.5, 0.6) is 0 Å². The maximum atomic E-state index is 12.8. The Morgan fingerprint density at radius 2 is 2.15 bits per heavy atom. The van der Waals surface area contributed by atoms with Crippen LogP contribution in [0.2, 0.25) is 0 Å². The van der Waals surface area contributed by atoms with Crippen LogP contribution >= 0.6 is 0 Å². The van der Waals surface area contributed by atoms with Gasteiger partial charge in [-0.25, -0.2) is 13.1 Å². The van der Waals surface area contributed by atoms with Crippen molar-refractivity contribution in [3.05, 3.63) is 54.0 Å². The lowest BCUT2D eigenvalue weighted by molar-refractivity contribution is 0.0755. The van der Waals surface area contributed by atoms with Gasteiger partial charge in [0.1, 0.15) is 5.76 Å². The fourth-order valence-corrected chi connectivity index (χ4v) is 3.30. The zero-order valence-electron chi connectivity index (χ0n) is 14.3. The van der Waals surface area contributed by atoms with Crippen molar-refractivity contribution >= 4 is 15.9 Å². The molecule has 0 aliphatic heterocycles. The van der Waals surface area contributed by atoms with Crippen LogP contribution in [0, 0.1) is 12.3 Å². The zero-order valence-corrected chi connectivity index (χ0v) is 15.2. The number of amides is 1. The molecule has 1 aromatic heterocycles. The van der Waals surface area contributed by atoms with Crippen LogP contribution in [0.15, 0.2) is 52.0 Å². The number of benzene rings is 1. The quantitative estimate of drug-likeness (QED) is 0.529. The molecule has 0 bridgehead atoms. The Kier molecular flexibility index (Phi) is 6.97. The predicted octanol–water partition coefficient (Wildman–Crippen LogP) is 1.48. The number of methoxy groups -OCH3 is 1. The first-order valence-electron chi connectivity index (χ1n) is 7.81. The monoisotopic (exact) mass is 376 g/mol. The minimum atomic E-state index is -3.74. The molecule has 1 amide bonds. The molecule has 7 nitrogen and oxygen atoms in total. The molecule has 0 saturated heterocycles. The Hall–Kier alpha value is -2.60. The standard InChI is InChI=1S/C18H20N2O5S/c1-3-10-20(14-16-7-5-11-25-16)18(21)15-6-4-8-17(13-15)26(22,23)19-9-12-24-2/h1,4-8,11,13,19H,9-10,12,14H2,2H3. The number of furan rings is 1. The molecule has 8 heteroatoms. The normalized spacial score (nSPS) is 11.1. The van der Waals surface area contributed by atoms with Gasteiger partial charge in [-0.3, -0.25) is 4.79 Å². The molecular formula is C18H20N2O5S. The molecule has 138 valence electrons. The zero-order chi connectivity index (χ0) is 19.0. The van der Waals surface area contributed by atoms with Crippen molar-refractivity contribution in [3.8, 4) is 12.3 Å². The third kappa shape index (κ3) is 5.20. The summed E-state index contributed by atoms with van der Waals surface area (Å²) in [4.78, 5) is 14.2. The number of nitrogens with one attached hydrogen (secondary N) is 1. The van der Waals surface area contributed by atoms with E-state index in [-0.39, 0.29) is 42.6 Å².